The van der Waals surface area contributed by atoms with E-state index in [-0.39, 0.29) is 5.91 Å². The second-order valence-electron chi connectivity index (χ2n) is 5.08. The van der Waals surface area contributed by atoms with Crippen LogP contribution in [0.15, 0.2) is 41.0 Å². The van der Waals surface area contributed by atoms with Crippen molar-refractivity contribution in [2.24, 2.45) is 0 Å². The van der Waals surface area contributed by atoms with Gasteiger partial charge in [0.1, 0.15) is 11.5 Å². The number of benzene rings is 1. The number of carbonyl (C=O) groups is 1. The van der Waals surface area contributed by atoms with Crippen molar-refractivity contribution >= 4 is 5.91 Å². The maximum atomic E-state index is 12.2. The molecule has 2 rings (SSSR count). The molecule has 2 aromatic rings. The summed E-state index contributed by atoms with van der Waals surface area (Å²) in [4.78, 5) is 12.2. The SMILES string of the molecule is CC[C@@H](Oc1cc(C)ccc1C)C(=O)NCc1ccco1. The number of nitrogens with one attached hydrogen (secondary N) is 1. The summed E-state index contributed by atoms with van der Waals surface area (Å²) >= 11 is 0. The first-order valence-corrected chi connectivity index (χ1v) is 7.14. The average molecular weight is 287 g/mol. The minimum absolute atomic E-state index is 0.130. The van der Waals surface area contributed by atoms with Crippen LogP contribution >= 0.6 is 0 Å². The van der Waals surface area contributed by atoms with Gasteiger partial charge in [0.05, 0.1) is 12.8 Å². The second kappa shape index (κ2) is 6.97. The first-order chi connectivity index (χ1) is 10.1. The number of furan rings is 1. The molecule has 21 heavy (non-hydrogen) atoms. The zero-order valence-corrected chi connectivity index (χ0v) is 12.7. The van der Waals surface area contributed by atoms with Gasteiger partial charge in [-0.15, -0.1) is 0 Å². The van der Waals surface area contributed by atoms with Crippen molar-refractivity contribution < 1.29 is 13.9 Å². The Labute approximate surface area is 125 Å². The highest BCUT2D eigenvalue weighted by Gasteiger charge is 2.19. The van der Waals surface area contributed by atoms with Gasteiger partial charge >= 0.3 is 0 Å². The first-order valence-electron chi connectivity index (χ1n) is 7.14. The van der Waals surface area contributed by atoms with E-state index in [0.29, 0.717) is 13.0 Å². The molecule has 1 N–H and O–H groups in total. The van der Waals surface area contributed by atoms with Crippen molar-refractivity contribution in [3.63, 3.8) is 0 Å². The van der Waals surface area contributed by atoms with E-state index in [0.717, 1.165) is 22.6 Å². The predicted molar refractivity (Wildman–Crippen MR) is 81.2 cm³/mol. The highest BCUT2D eigenvalue weighted by molar-refractivity contribution is 5.81. The number of aryl methyl sites for hydroxylation is 2. The lowest BCUT2D eigenvalue weighted by Gasteiger charge is -2.18. The van der Waals surface area contributed by atoms with Crippen molar-refractivity contribution in [1.29, 1.82) is 0 Å². The highest BCUT2D eigenvalue weighted by Crippen LogP contribution is 2.21. The Bertz CT molecular complexity index is 590. The van der Waals surface area contributed by atoms with Crippen LogP contribution in [0.1, 0.15) is 30.2 Å². The Morgan fingerprint density at radius 2 is 2.14 bits per heavy atom. The maximum Gasteiger partial charge on any atom is 0.261 e. The summed E-state index contributed by atoms with van der Waals surface area (Å²) in [7, 11) is 0. The molecule has 1 aromatic carbocycles. The van der Waals surface area contributed by atoms with Gasteiger partial charge < -0.3 is 14.5 Å². The third-order valence-corrected chi connectivity index (χ3v) is 3.29. The van der Waals surface area contributed by atoms with Gasteiger partial charge in [0.25, 0.3) is 5.91 Å². The third kappa shape index (κ3) is 4.12. The molecule has 0 bridgehead atoms. The molecule has 112 valence electrons. The summed E-state index contributed by atoms with van der Waals surface area (Å²) in [5, 5.41) is 2.83. The average Bonchev–Trinajstić information content (AvgIpc) is 2.99. The van der Waals surface area contributed by atoms with E-state index in [2.05, 4.69) is 5.32 Å². The number of ether oxygens (including phenoxy) is 1. The molecule has 1 amide bonds. The van der Waals surface area contributed by atoms with Crippen LogP contribution in [-0.4, -0.2) is 12.0 Å². The number of amides is 1. The summed E-state index contributed by atoms with van der Waals surface area (Å²) in [5.41, 5.74) is 2.14. The molecule has 0 radical (unpaired) electrons. The Morgan fingerprint density at radius 3 is 2.81 bits per heavy atom. The summed E-state index contributed by atoms with van der Waals surface area (Å²) in [6.07, 6.45) is 1.70. The van der Waals surface area contributed by atoms with E-state index < -0.39 is 6.10 Å². The van der Waals surface area contributed by atoms with Crippen LogP contribution < -0.4 is 10.1 Å². The van der Waals surface area contributed by atoms with Gasteiger partial charge in [0.2, 0.25) is 0 Å². The van der Waals surface area contributed by atoms with Gasteiger partial charge in [0, 0.05) is 0 Å². The lowest BCUT2D eigenvalue weighted by Crippen LogP contribution is -2.37. The molecule has 0 aliphatic rings. The number of carbonyl (C=O) groups excluding carboxylic acids is 1. The van der Waals surface area contributed by atoms with E-state index in [4.69, 9.17) is 9.15 Å². The Kier molecular flexibility index (Phi) is 5.04. The first kappa shape index (κ1) is 15.2. The summed E-state index contributed by atoms with van der Waals surface area (Å²) in [5.74, 6) is 1.36. The molecule has 0 aliphatic heterocycles. The molecular weight excluding hydrogens is 266 g/mol. The van der Waals surface area contributed by atoms with Gasteiger partial charge in [-0.3, -0.25) is 4.79 Å². The fraction of sp³-hybridized carbons (Fsp3) is 0.353. The van der Waals surface area contributed by atoms with Crippen LogP contribution in [0.25, 0.3) is 0 Å². The predicted octanol–water partition coefficient (Wildman–Crippen LogP) is 3.37. The summed E-state index contributed by atoms with van der Waals surface area (Å²) in [6, 6.07) is 9.61. The molecule has 4 heteroatoms. The molecule has 1 aromatic heterocycles. The van der Waals surface area contributed by atoms with Crippen LogP contribution in [0.2, 0.25) is 0 Å². The molecule has 0 saturated carbocycles. The zero-order valence-electron chi connectivity index (χ0n) is 12.7. The standard InChI is InChI=1S/C17H21NO3/c1-4-15(17(19)18-11-14-6-5-9-20-14)21-16-10-12(2)7-8-13(16)3/h5-10,15H,4,11H2,1-3H3,(H,18,19)/t15-/m1/s1. The molecule has 0 spiro atoms. The van der Waals surface area contributed by atoms with Gasteiger partial charge in [-0.05, 0) is 49.6 Å². The normalized spacial score (nSPS) is 12.0. The second-order valence-corrected chi connectivity index (χ2v) is 5.08. The smallest absolute Gasteiger partial charge is 0.261 e. The molecular formula is C17H21NO3. The molecule has 1 heterocycles. The molecule has 0 saturated heterocycles. The van der Waals surface area contributed by atoms with Crippen molar-refractivity contribution in [2.75, 3.05) is 0 Å². The van der Waals surface area contributed by atoms with Crippen LogP contribution in [0.4, 0.5) is 0 Å². The highest BCUT2D eigenvalue weighted by atomic mass is 16.5. The third-order valence-electron chi connectivity index (χ3n) is 3.29. The summed E-state index contributed by atoms with van der Waals surface area (Å²) < 4.78 is 11.1. The van der Waals surface area contributed by atoms with Crippen LogP contribution in [0.5, 0.6) is 5.75 Å². The van der Waals surface area contributed by atoms with E-state index >= 15 is 0 Å². The molecule has 0 unspecified atom stereocenters. The summed E-state index contributed by atoms with van der Waals surface area (Å²) in [6.45, 7) is 6.28. The lowest BCUT2D eigenvalue weighted by molar-refractivity contribution is -0.128. The van der Waals surface area contributed by atoms with Gasteiger partial charge in [-0.1, -0.05) is 19.1 Å². The van der Waals surface area contributed by atoms with Crippen molar-refractivity contribution in [2.45, 2.75) is 39.8 Å². The topological polar surface area (TPSA) is 51.5 Å². The number of rotatable bonds is 6. The Morgan fingerprint density at radius 1 is 1.33 bits per heavy atom. The molecule has 1 atom stereocenters. The molecule has 4 nitrogen and oxygen atoms in total. The maximum absolute atomic E-state index is 12.2. The monoisotopic (exact) mass is 287 g/mol. The minimum atomic E-state index is -0.500. The zero-order chi connectivity index (χ0) is 15.2. The lowest BCUT2D eigenvalue weighted by atomic mass is 10.1. The van der Waals surface area contributed by atoms with Crippen molar-refractivity contribution in [3.05, 3.63) is 53.5 Å². The van der Waals surface area contributed by atoms with Gasteiger partial charge in [0.15, 0.2) is 6.10 Å². The minimum Gasteiger partial charge on any atom is -0.480 e. The van der Waals surface area contributed by atoms with E-state index in [9.17, 15) is 4.79 Å². The molecule has 0 fully saturated rings. The quantitative estimate of drug-likeness (QED) is 0.886. The van der Waals surface area contributed by atoms with E-state index in [1.165, 1.54) is 0 Å². The Hall–Kier alpha value is -2.23. The molecule has 0 aliphatic carbocycles. The van der Waals surface area contributed by atoms with Crippen LogP contribution in [-0.2, 0) is 11.3 Å². The van der Waals surface area contributed by atoms with Crippen molar-refractivity contribution in [3.8, 4) is 5.75 Å². The Balaban J connectivity index is 1.98. The van der Waals surface area contributed by atoms with Crippen LogP contribution in [0.3, 0.4) is 0 Å². The van der Waals surface area contributed by atoms with Gasteiger partial charge in [-0.25, -0.2) is 0 Å². The van der Waals surface area contributed by atoms with E-state index in [1.807, 2.05) is 45.0 Å². The van der Waals surface area contributed by atoms with Crippen LogP contribution in [0, 0.1) is 13.8 Å². The largest absolute Gasteiger partial charge is 0.480 e. The fourth-order valence-electron chi connectivity index (χ4n) is 2.01. The van der Waals surface area contributed by atoms with E-state index in [1.54, 1.807) is 12.3 Å². The fourth-order valence-corrected chi connectivity index (χ4v) is 2.01. The van der Waals surface area contributed by atoms with Gasteiger partial charge in [-0.2, -0.15) is 0 Å². The van der Waals surface area contributed by atoms with Crippen molar-refractivity contribution in [1.82, 2.24) is 5.32 Å². The number of hydrogen-bond donors (Lipinski definition) is 1. The number of hydrogen-bond acceptors (Lipinski definition) is 3.